The molecule has 1 heterocycles. The zero-order chi connectivity index (χ0) is 15.8. The molecule has 0 spiro atoms. The molecule has 2 rings (SSSR count). The van der Waals surface area contributed by atoms with Crippen LogP contribution in [0.5, 0.6) is 0 Å². The maximum Gasteiger partial charge on any atom is 0.417 e. The van der Waals surface area contributed by atoms with E-state index in [4.69, 9.17) is 0 Å². The number of amides is 1. The molecular weight excluding hydrogens is 375 g/mol. The third-order valence-corrected chi connectivity index (χ3v) is 5.60. The number of hydrogen-bond donors (Lipinski definition) is 1. The Morgan fingerprint density at radius 3 is 2.52 bits per heavy atom. The lowest BCUT2D eigenvalue weighted by Crippen LogP contribution is -2.24. The van der Waals surface area contributed by atoms with E-state index in [1.165, 1.54) is 12.1 Å². The summed E-state index contributed by atoms with van der Waals surface area (Å²) in [4.78, 5) is 11.9. The van der Waals surface area contributed by atoms with Crippen LogP contribution < -0.4 is 5.32 Å². The van der Waals surface area contributed by atoms with Crippen LogP contribution in [0.25, 0.3) is 0 Å². The van der Waals surface area contributed by atoms with Gasteiger partial charge in [-0.2, -0.15) is 13.2 Å². The molecule has 1 N–H and O–H groups in total. The van der Waals surface area contributed by atoms with E-state index in [2.05, 4.69) is 21.2 Å². The Labute approximate surface area is 127 Å². The average molecular weight is 386 g/mol. The van der Waals surface area contributed by atoms with Crippen molar-refractivity contribution in [3.05, 3.63) is 28.2 Å². The molecule has 0 saturated carbocycles. The van der Waals surface area contributed by atoms with Crippen LogP contribution in [-0.2, 0) is 20.8 Å². The van der Waals surface area contributed by atoms with Crippen LogP contribution in [0.4, 0.5) is 18.9 Å². The van der Waals surface area contributed by atoms with Gasteiger partial charge in [-0.15, -0.1) is 0 Å². The molecule has 1 aliphatic heterocycles. The van der Waals surface area contributed by atoms with E-state index in [9.17, 15) is 26.4 Å². The first-order chi connectivity index (χ1) is 9.58. The molecule has 4 nitrogen and oxygen atoms in total. The second-order valence-electron chi connectivity index (χ2n) is 4.78. The van der Waals surface area contributed by atoms with Gasteiger partial charge < -0.3 is 5.32 Å². The smallest absolute Gasteiger partial charge is 0.326 e. The van der Waals surface area contributed by atoms with E-state index in [1.54, 1.807) is 0 Å². The molecular formula is C12H11BrF3NO3S. The number of carbonyl (C=O) groups is 1. The topological polar surface area (TPSA) is 63.2 Å². The number of sulfone groups is 1. The minimum atomic E-state index is -4.55. The van der Waals surface area contributed by atoms with Crippen molar-refractivity contribution in [2.75, 3.05) is 16.8 Å². The summed E-state index contributed by atoms with van der Waals surface area (Å²) < 4.78 is 60.7. The van der Waals surface area contributed by atoms with Crippen molar-refractivity contribution in [3.8, 4) is 0 Å². The van der Waals surface area contributed by atoms with Gasteiger partial charge in [0.1, 0.15) is 0 Å². The molecule has 0 aliphatic carbocycles. The first kappa shape index (κ1) is 16.3. The Kier molecular flexibility index (Phi) is 4.34. The van der Waals surface area contributed by atoms with Gasteiger partial charge in [0.15, 0.2) is 9.84 Å². The number of alkyl halides is 3. The number of anilines is 1. The predicted molar refractivity (Wildman–Crippen MR) is 74.5 cm³/mol. The molecule has 21 heavy (non-hydrogen) atoms. The highest BCUT2D eigenvalue weighted by atomic mass is 79.9. The highest BCUT2D eigenvalue weighted by molar-refractivity contribution is 9.10. The quantitative estimate of drug-likeness (QED) is 0.851. The zero-order valence-electron chi connectivity index (χ0n) is 10.6. The lowest BCUT2D eigenvalue weighted by molar-refractivity contribution is -0.138. The lowest BCUT2D eigenvalue weighted by Gasteiger charge is -2.13. The minimum absolute atomic E-state index is 0.0141. The lowest BCUT2D eigenvalue weighted by atomic mass is 10.1. The van der Waals surface area contributed by atoms with Crippen LogP contribution in [0.3, 0.4) is 0 Å². The fourth-order valence-corrected chi connectivity index (χ4v) is 4.28. The fraction of sp³-hybridized carbons (Fsp3) is 0.417. The van der Waals surface area contributed by atoms with Gasteiger partial charge >= 0.3 is 6.18 Å². The van der Waals surface area contributed by atoms with Gasteiger partial charge in [-0.05, 0) is 24.6 Å². The first-order valence-electron chi connectivity index (χ1n) is 5.96. The van der Waals surface area contributed by atoms with Gasteiger partial charge in [0.05, 0.1) is 23.0 Å². The van der Waals surface area contributed by atoms with Crippen molar-refractivity contribution >= 4 is 37.4 Å². The maximum atomic E-state index is 12.7. The van der Waals surface area contributed by atoms with Crippen molar-refractivity contribution in [1.29, 1.82) is 0 Å². The summed E-state index contributed by atoms with van der Waals surface area (Å²) in [5.41, 5.74) is -0.917. The van der Waals surface area contributed by atoms with Crippen molar-refractivity contribution in [2.24, 2.45) is 5.92 Å². The van der Waals surface area contributed by atoms with Crippen molar-refractivity contribution in [1.82, 2.24) is 0 Å². The van der Waals surface area contributed by atoms with Crippen LogP contribution in [0.2, 0.25) is 0 Å². The summed E-state index contributed by atoms with van der Waals surface area (Å²) in [5.74, 6) is -1.62. The number of hydrogen-bond acceptors (Lipinski definition) is 3. The van der Waals surface area contributed by atoms with Gasteiger partial charge in [0.2, 0.25) is 5.91 Å². The summed E-state index contributed by atoms with van der Waals surface area (Å²) >= 11 is 2.80. The average Bonchev–Trinajstić information content (AvgIpc) is 2.71. The number of benzene rings is 1. The Bertz CT molecular complexity index is 673. The highest BCUT2D eigenvalue weighted by Crippen LogP contribution is 2.36. The first-order valence-corrected chi connectivity index (χ1v) is 8.58. The Hall–Kier alpha value is -1.09. The van der Waals surface area contributed by atoms with E-state index < -0.39 is 33.4 Å². The molecule has 1 saturated heterocycles. The SMILES string of the molecule is O=C(Nc1ccc(Br)c(C(F)(F)F)c1)C1CCS(=O)(=O)C1. The Morgan fingerprint density at radius 2 is 2.00 bits per heavy atom. The summed E-state index contributed by atoms with van der Waals surface area (Å²) in [5, 5.41) is 2.34. The molecule has 1 amide bonds. The molecule has 1 unspecified atom stereocenters. The minimum Gasteiger partial charge on any atom is -0.326 e. The highest BCUT2D eigenvalue weighted by Gasteiger charge is 2.35. The van der Waals surface area contributed by atoms with Crippen molar-refractivity contribution in [2.45, 2.75) is 12.6 Å². The molecule has 1 aromatic carbocycles. The molecule has 1 fully saturated rings. The third-order valence-electron chi connectivity index (χ3n) is 3.14. The Balaban J connectivity index is 2.15. The molecule has 0 radical (unpaired) electrons. The van der Waals surface area contributed by atoms with Gasteiger partial charge in [-0.1, -0.05) is 15.9 Å². The summed E-state index contributed by atoms with van der Waals surface area (Å²) in [6, 6.07) is 3.32. The second kappa shape index (κ2) is 5.60. The van der Waals surface area contributed by atoms with E-state index >= 15 is 0 Å². The van der Waals surface area contributed by atoms with E-state index in [0.717, 1.165) is 6.07 Å². The summed E-state index contributed by atoms with van der Waals surface area (Å²) in [6.07, 6.45) is -4.35. The Morgan fingerprint density at radius 1 is 1.33 bits per heavy atom. The van der Waals surface area contributed by atoms with Gasteiger partial charge in [-0.25, -0.2) is 8.42 Å². The number of carbonyl (C=O) groups excluding carboxylic acids is 1. The number of nitrogens with one attached hydrogen (secondary N) is 1. The van der Waals surface area contributed by atoms with E-state index in [0.29, 0.717) is 0 Å². The monoisotopic (exact) mass is 385 g/mol. The molecule has 116 valence electrons. The molecule has 9 heteroatoms. The molecule has 0 bridgehead atoms. The predicted octanol–water partition coefficient (Wildman–Crippen LogP) is 2.84. The number of halogens is 4. The van der Waals surface area contributed by atoms with Crippen molar-refractivity contribution < 1.29 is 26.4 Å². The number of rotatable bonds is 2. The summed E-state index contributed by atoms with van der Waals surface area (Å²) in [7, 11) is -3.22. The van der Waals surface area contributed by atoms with Crippen molar-refractivity contribution in [3.63, 3.8) is 0 Å². The largest absolute Gasteiger partial charge is 0.417 e. The normalized spacial score (nSPS) is 21.2. The molecule has 1 aromatic rings. The van der Waals surface area contributed by atoms with E-state index in [-0.39, 0.29) is 28.1 Å². The standard InChI is InChI=1S/C12H11BrF3NO3S/c13-10-2-1-8(5-9(10)12(14,15)16)17-11(18)7-3-4-21(19,20)6-7/h1-2,5,7H,3-4,6H2,(H,17,18). The third kappa shape index (κ3) is 3.97. The molecule has 0 aromatic heterocycles. The van der Waals surface area contributed by atoms with Crippen LogP contribution in [0.15, 0.2) is 22.7 Å². The van der Waals surface area contributed by atoms with Crippen LogP contribution >= 0.6 is 15.9 Å². The maximum absolute atomic E-state index is 12.7. The fourth-order valence-electron chi connectivity index (χ4n) is 2.07. The van der Waals surface area contributed by atoms with Crippen LogP contribution in [-0.4, -0.2) is 25.8 Å². The van der Waals surface area contributed by atoms with Crippen LogP contribution in [0, 0.1) is 5.92 Å². The van der Waals surface area contributed by atoms with Gasteiger partial charge in [0, 0.05) is 10.2 Å². The van der Waals surface area contributed by atoms with Crippen LogP contribution in [0.1, 0.15) is 12.0 Å². The van der Waals surface area contributed by atoms with Gasteiger partial charge in [0.25, 0.3) is 0 Å². The van der Waals surface area contributed by atoms with E-state index in [1.807, 2.05) is 0 Å². The van der Waals surface area contributed by atoms with Gasteiger partial charge in [-0.3, -0.25) is 4.79 Å². The second-order valence-corrected chi connectivity index (χ2v) is 7.86. The summed E-state index contributed by atoms with van der Waals surface area (Å²) in [6.45, 7) is 0. The molecule has 1 atom stereocenters. The zero-order valence-corrected chi connectivity index (χ0v) is 13.0. The molecule has 1 aliphatic rings.